The van der Waals surface area contributed by atoms with Crippen molar-refractivity contribution >= 4 is 11.7 Å². The predicted octanol–water partition coefficient (Wildman–Crippen LogP) is 2.74. The van der Waals surface area contributed by atoms with Crippen LogP contribution < -0.4 is 19.7 Å². The van der Waals surface area contributed by atoms with Gasteiger partial charge in [-0.05, 0) is 36.4 Å². The fourth-order valence-electron chi connectivity index (χ4n) is 2.99. The minimum absolute atomic E-state index is 0.0996. The number of carbonyl (C=O) groups excluding carboxylic acids is 1. The molecule has 144 valence electrons. The summed E-state index contributed by atoms with van der Waals surface area (Å²) in [5.41, 5.74) is 0.974. The number of amides is 2. The van der Waals surface area contributed by atoms with E-state index in [0.29, 0.717) is 37.7 Å². The number of piperazine rings is 1. The molecule has 7 heteroatoms. The topological polar surface area (TPSA) is 54.0 Å². The number of nitrogens with one attached hydrogen (secondary N) is 1. The van der Waals surface area contributed by atoms with Gasteiger partial charge in [0, 0.05) is 31.9 Å². The van der Waals surface area contributed by atoms with Gasteiger partial charge in [0.25, 0.3) is 0 Å². The number of hydrogen-bond donors (Lipinski definition) is 1. The van der Waals surface area contributed by atoms with E-state index in [1.807, 2.05) is 24.3 Å². The van der Waals surface area contributed by atoms with Crippen LogP contribution in [0, 0.1) is 5.82 Å². The van der Waals surface area contributed by atoms with E-state index in [2.05, 4.69) is 10.2 Å². The molecule has 2 amide bonds. The van der Waals surface area contributed by atoms with Gasteiger partial charge in [-0.25, -0.2) is 9.18 Å². The van der Waals surface area contributed by atoms with E-state index in [1.54, 1.807) is 24.1 Å². The van der Waals surface area contributed by atoms with Crippen LogP contribution in [-0.2, 0) is 0 Å². The molecule has 0 bridgehead atoms. The largest absolute Gasteiger partial charge is 0.493 e. The van der Waals surface area contributed by atoms with E-state index >= 15 is 0 Å². The molecule has 0 radical (unpaired) electrons. The highest BCUT2D eigenvalue weighted by atomic mass is 19.1. The molecule has 1 N–H and O–H groups in total. The van der Waals surface area contributed by atoms with E-state index < -0.39 is 0 Å². The van der Waals surface area contributed by atoms with Crippen molar-refractivity contribution in [1.82, 2.24) is 10.2 Å². The maximum absolute atomic E-state index is 13.0. The van der Waals surface area contributed by atoms with E-state index in [0.717, 1.165) is 18.8 Å². The Morgan fingerprint density at radius 3 is 2.37 bits per heavy atom. The van der Waals surface area contributed by atoms with Gasteiger partial charge in [-0.2, -0.15) is 0 Å². The second-order valence-corrected chi connectivity index (χ2v) is 6.18. The molecule has 3 rings (SSSR count). The Morgan fingerprint density at radius 2 is 1.70 bits per heavy atom. The molecule has 27 heavy (non-hydrogen) atoms. The highest BCUT2D eigenvalue weighted by molar-refractivity contribution is 5.74. The van der Waals surface area contributed by atoms with Gasteiger partial charge in [0.1, 0.15) is 12.4 Å². The van der Waals surface area contributed by atoms with Crippen molar-refractivity contribution in [3.63, 3.8) is 0 Å². The van der Waals surface area contributed by atoms with Crippen LogP contribution in [0.3, 0.4) is 0 Å². The van der Waals surface area contributed by atoms with Crippen LogP contribution in [0.4, 0.5) is 14.9 Å². The Balaban J connectivity index is 1.39. The number of carbonyl (C=O) groups is 1. The first kappa shape index (κ1) is 18.8. The van der Waals surface area contributed by atoms with Crippen LogP contribution in [0.2, 0.25) is 0 Å². The molecule has 1 aliphatic rings. The first-order valence-electron chi connectivity index (χ1n) is 8.96. The van der Waals surface area contributed by atoms with Gasteiger partial charge in [-0.15, -0.1) is 0 Å². The molecule has 0 aromatic heterocycles. The maximum Gasteiger partial charge on any atom is 0.317 e. The van der Waals surface area contributed by atoms with Crippen LogP contribution >= 0.6 is 0 Å². The smallest absolute Gasteiger partial charge is 0.317 e. The molecule has 1 saturated heterocycles. The predicted molar refractivity (Wildman–Crippen MR) is 102 cm³/mol. The van der Waals surface area contributed by atoms with Crippen molar-refractivity contribution in [2.45, 2.75) is 0 Å². The van der Waals surface area contributed by atoms with Crippen molar-refractivity contribution in [3.8, 4) is 11.5 Å². The summed E-state index contributed by atoms with van der Waals surface area (Å²) in [6.45, 7) is 3.46. The number of rotatable bonds is 6. The van der Waals surface area contributed by atoms with Crippen molar-refractivity contribution in [3.05, 3.63) is 54.3 Å². The average molecular weight is 373 g/mol. The minimum Gasteiger partial charge on any atom is -0.493 e. The summed E-state index contributed by atoms with van der Waals surface area (Å²) in [5, 5.41) is 2.88. The van der Waals surface area contributed by atoms with Gasteiger partial charge in [0.15, 0.2) is 11.5 Å². The normalized spacial score (nSPS) is 14.0. The lowest BCUT2D eigenvalue weighted by atomic mass is 10.2. The number of anilines is 1. The van der Waals surface area contributed by atoms with E-state index in [-0.39, 0.29) is 11.8 Å². The van der Waals surface area contributed by atoms with Gasteiger partial charge >= 0.3 is 6.03 Å². The number of ether oxygens (including phenoxy) is 2. The second-order valence-electron chi connectivity index (χ2n) is 6.18. The van der Waals surface area contributed by atoms with E-state index in [9.17, 15) is 9.18 Å². The van der Waals surface area contributed by atoms with Crippen molar-refractivity contribution in [1.29, 1.82) is 0 Å². The Labute approximate surface area is 158 Å². The standard InChI is InChI=1S/C20H24FN3O3/c1-26-18-4-2-3-5-19(18)27-15-10-22-20(25)24-13-11-23(12-14-24)17-8-6-16(21)7-9-17/h2-9H,10-15H2,1H3,(H,22,25). The van der Waals surface area contributed by atoms with Crippen molar-refractivity contribution in [2.75, 3.05) is 51.3 Å². The van der Waals surface area contributed by atoms with Crippen molar-refractivity contribution in [2.24, 2.45) is 0 Å². The Kier molecular flexibility index (Phi) is 6.35. The zero-order valence-corrected chi connectivity index (χ0v) is 15.4. The Bertz CT molecular complexity index is 746. The molecule has 6 nitrogen and oxygen atoms in total. The fourth-order valence-corrected chi connectivity index (χ4v) is 2.99. The molecule has 1 heterocycles. The monoisotopic (exact) mass is 373 g/mol. The molecular formula is C20H24FN3O3. The molecule has 1 fully saturated rings. The third-order valence-electron chi connectivity index (χ3n) is 4.46. The number of hydrogen-bond acceptors (Lipinski definition) is 4. The fraction of sp³-hybridized carbons (Fsp3) is 0.350. The summed E-state index contributed by atoms with van der Waals surface area (Å²) in [5.74, 6) is 1.08. The van der Waals surface area contributed by atoms with E-state index in [1.165, 1.54) is 12.1 Å². The van der Waals surface area contributed by atoms with Crippen molar-refractivity contribution < 1.29 is 18.7 Å². The lowest BCUT2D eigenvalue weighted by Gasteiger charge is -2.36. The molecule has 0 spiro atoms. The number of urea groups is 1. The number of nitrogens with zero attached hydrogens (tertiary/aromatic N) is 2. The highest BCUT2D eigenvalue weighted by Gasteiger charge is 2.21. The number of halogens is 1. The Hall–Kier alpha value is -2.96. The molecule has 0 aliphatic carbocycles. The summed E-state index contributed by atoms with van der Waals surface area (Å²) in [6, 6.07) is 13.7. The number of benzene rings is 2. The summed E-state index contributed by atoms with van der Waals surface area (Å²) in [7, 11) is 1.59. The quantitative estimate of drug-likeness (QED) is 0.791. The molecule has 0 unspecified atom stereocenters. The lowest BCUT2D eigenvalue weighted by molar-refractivity contribution is 0.191. The van der Waals surface area contributed by atoms with Crippen LogP contribution in [0.5, 0.6) is 11.5 Å². The van der Waals surface area contributed by atoms with Gasteiger partial charge < -0.3 is 24.6 Å². The van der Waals surface area contributed by atoms with Gasteiger partial charge in [-0.3, -0.25) is 0 Å². The zero-order chi connectivity index (χ0) is 19.1. The van der Waals surface area contributed by atoms with Crippen LogP contribution in [0.25, 0.3) is 0 Å². The first-order chi connectivity index (χ1) is 13.2. The molecular weight excluding hydrogens is 349 g/mol. The van der Waals surface area contributed by atoms with Gasteiger partial charge in [-0.1, -0.05) is 12.1 Å². The molecule has 2 aromatic rings. The van der Waals surface area contributed by atoms with E-state index in [4.69, 9.17) is 9.47 Å². The van der Waals surface area contributed by atoms with Crippen LogP contribution in [0.1, 0.15) is 0 Å². The average Bonchev–Trinajstić information content (AvgIpc) is 2.72. The summed E-state index contributed by atoms with van der Waals surface area (Å²) in [6.07, 6.45) is 0. The van der Waals surface area contributed by atoms with Crippen LogP contribution in [0.15, 0.2) is 48.5 Å². The number of para-hydroxylation sites is 2. The number of methoxy groups -OCH3 is 1. The third kappa shape index (κ3) is 5.03. The second kappa shape index (κ2) is 9.12. The third-order valence-corrected chi connectivity index (χ3v) is 4.46. The Morgan fingerprint density at radius 1 is 1.04 bits per heavy atom. The summed E-state index contributed by atoms with van der Waals surface area (Å²) in [4.78, 5) is 16.2. The summed E-state index contributed by atoms with van der Waals surface area (Å²) < 4.78 is 23.9. The van der Waals surface area contributed by atoms with Crippen LogP contribution in [-0.4, -0.2) is 57.4 Å². The maximum atomic E-state index is 13.0. The van der Waals surface area contributed by atoms with Gasteiger partial charge in [0.05, 0.1) is 13.7 Å². The SMILES string of the molecule is COc1ccccc1OCCNC(=O)N1CCN(c2ccc(F)cc2)CC1. The summed E-state index contributed by atoms with van der Waals surface area (Å²) >= 11 is 0. The first-order valence-corrected chi connectivity index (χ1v) is 8.96. The molecule has 1 aliphatic heterocycles. The lowest BCUT2D eigenvalue weighted by Crippen LogP contribution is -2.52. The molecule has 2 aromatic carbocycles. The molecule has 0 saturated carbocycles. The van der Waals surface area contributed by atoms with Gasteiger partial charge in [0.2, 0.25) is 0 Å². The minimum atomic E-state index is -0.243. The molecule has 0 atom stereocenters. The zero-order valence-electron chi connectivity index (χ0n) is 15.4. The highest BCUT2D eigenvalue weighted by Crippen LogP contribution is 2.25.